The third-order valence-corrected chi connectivity index (χ3v) is 3.84. The van der Waals surface area contributed by atoms with E-state index < -0.39 is 12.1 Å². The molecule has 0 saturated heterocycles. The number of amides is 1. The zero-order valence-corrected chi connectivity index (χ0v) is 18.7. The molecule has 0 radical (unpaired) electrons. The molecule has 0 aliphatic carbocycles. The third-order valence-electron chi connectivity index (χ3n) is 3.84. The second kappa shape index (κ2) is 12.3. The van der Waals surface area contributed by atoms with Crippen LogP contribution in [0.5, 0.6) is 5.75 Å². The van der Waals surface area contributed by atoms with Crippen molar-refractivity contribution in [2.24, 2.45) is 10.7 Å². The van der Waals surface area contributed by atoms with Gasteiger partial charge in [0.1, 0.15) is 0 Å². The normalized spacial score (nSPS) is 11.4. The van der Waals surface area contributed by atoms with Gasteiger partial charge in [-0.05, 0) is 36.2 Å². The fourth-order valence-corrected chi connectivity index (χ4v) is 2.38. The van der Waals surface area contributed by atoms with E-state index in [-0.39, 0.29) is 48.1 Å². The van der Waals surface area contributed by atoms with Crippen molar-refractivity contribution >= 4 is 41.5 Å². The van der Waals surface area contributed by atoms with Gasteiger partial charge >= 0.3 is 6.36 Å². The number of halogens is 4. The van der Waals surface area contributed by atoms with Crippen LogP contribution < -0.4 is 21.1 Å². The Morgan fingerprint density at radius 3 is 2.43 bits per heavy atom. The number of nitrogens with zero attached hydrogens (tertiary/aromatic N) is 1. The maximum atomic E-state index is 12.5. The number of hydrogen-bond acceptors (Lipinski definition) is 3. The number of unbranched alkanes of at least 4 members (excludes halogenated alkanes) is 1. The van der Waals surface area contributed by atoms with Crippen molar-refractivity contribution in [3.63, 3.8) is 0 Å². The first-order valence-corrected chi connectivity index (χ1v) is 9.07. The van der Waals surface area contributed by atoms with Crippen molar-refractivity contribution in [3.8, 4) is 5.75 Å². The van der Waals surface area contributed by atoms with E-state index in [4.69, 9.17) is 5.73 Å². The van der Waals surface area contributed by atoms with E-state index in [2.05, 4.69) is 20.4 Å². The molecule has 0 aromatic heterocycles. The van der Waals surface area contributed by atoms with E-state index >= 15 is 0 Å². The number of nitrogens with one attached hydrogen (secondary N) is 2. The van der Waals surface area contributed by atoms with Crippen molar-refractivity contribution < 1.29 is 22.7 Å². The van der Waals surface area contributed by atoms with E-state index in [1.54, 1.807) is 30.3 Å². The summed E-state index contributed by atoms with van der Waals surface area (Å²) in [5, 5.41) is 5.43. The molecule has 0 heterocycles. The topological polar surface area (TPSA) is 88.7 Å². The lowest BCUT2D eigenvalue weighted by molar-refractivity contribution is -0.274. The zero-order valence-electron chi connectivity index (χ0n) is 16.3. The van der Waals surface area contributed by atoms with Gasteiger partial charge in [-0.1, -0.05) is 37.6 Å². The standard InChI is InChI=1S/C20H23F3N4O2.HI/c1-2-3-12-25-18(28)15-10-8-14(9-11-15)13-26-19(24)27-16-6-4-5-7-17(16)29-20(21,22)23;/h4-11H,2-3,12-13H2,1H3,(H,25,28)(H3,24,26,27);1H. The highest BCUT2D eigenvalue weighted by Crippen LogP contribution is 2.29. The van der Waals surface area contributed by atoms with E-state index in [0.29, 0.717) is 12.1 Å². The summed E-state index contributed by atoms with van der Waals surface area (Å²) in [4.78, 5) is 16.1. The van der Waals surface area contributed by atoms with E-state index in [9.17, 15) is 18.0 Å². The lowest BCUT2D eigenvalue weighted by atomic mass is 10.1. The number of aliphatic imine (C=N–C) groups is 1. The molecule has 0 bridgehead atoms. The molecule has 6 nitrogen and oxygen atoms in total. The maximum Gasteiger partial charge on any atom is 0.573 e. The van der Waals surface area contributed by atoms with Crippen LogP contribution in [0.25, 0.3) is 0 Å². The Labute approximate surface area is 190 Å². The van der Waals surface area contributed by atoms with Gasteiger partial charge in [0.05, 0.1) is 12.2 Å². The average Bonchev–Trinajstić information content (AvgIpc) is 2.67. The minimum absolute atomic E-state index is 0. The van der Waals surface area contributed by atoms with Gasteiger partial charge < -0.3 is 21.1 Å². The summed E-state index contributed by atoms with van der Waals surface area (Å²) in [5.41, 5.74) is 7.15. The van der Waals surface area contributed by atoms with Gasteiger partial charge in [-0.25, -0.2) is 4.99 Å². The van der Waals surface area contributed by atoms with Crippen LogP contribution in [-0.4, -0.2) is 24.8 Å². The van der Waals surface area contributed by atoms with Gasteiger partial charge in [-0.3, -0.25) is 4.79 Å². The molecule has 0 aliphatic rings. The van der Waals surface area contributed by atoms with Gasteiger partial charge in [0, 0.05) is 12.1 Å². The van der Waals surface area contributed by atoms with Crippen molar-refractivity contribution in [2.45, 2.75) is 32.7 Å². The first kappa shape index (κ1) is 25.5. The molecule has 0 aliphatic heterocycles. The number of carbonyl (C=O) groups is 1. The van der Waals surface area contributed by atoms with Crippen LogP contribution >= 0.6 is 24.0 Å². The Morgan fingerprint density at radius 2 is 1.80 bits per heavy atom. The van der Waals surface area contributed by atoms with Crippen LogP contribution in [0.15, 0.2) is 53.5 Å². The van der Waals surface area contributed by atoms with Gasteiger partial charge in [-0.15, -0.1) is 37.1 Å². The van der Waals surface area contributed by atoms with Gasteiger partial charge in [0.25, 0.3) is 5.91 Å². The van der Waals surface area contributed by atoms with Crippen molar-refractivity contribution in [1.82, 2.24) is 5.32 Å². The highest BCUT2D eigenvalue weighted by molar-refractivity contribution is 14.0. The Morgan fingerprint density at radius 1 is 1.13 bits per heavy atom. The van der Waals surface area contributed by atoms with Crippen LogP contribution in [0.4, 0.5) is 18.9 Å². The van der Waals surface area contributed by atoms with E-state index in [1.807, 2.05) is 6.92 Å². The predicted octanol–water partition coefficient (Wildman–Crippen LogP) is 4.66. The smallest absolute Gasteiger partial charge is 0.404 e. The van der Waals surface area contributed by atoms with E-state index in [1.165, 1.54) is 18.2 Å². The number of hydrogen-bond donors (Lipinski definition) is 3. The Kier molecular flexibility index (Phi) is 10.4. The second-order valence-electron chi connectivity index (χ2n) is 6.18. The molecule has 164 valence electrons. The predicted molar refractivity (Wildman–Crippen MR) is 121 cm³/mol. The molecule has 1 amide bonds. The largest absolute Gasteiger partial charge is 0.573 e. The Balaban J connectivity index is 0.00000450. The summed E-state index contributed by atoms with van der Waals surface area (Å²) in [5.74, 6) is -0.614. The summed E-state index contributed by atoms with van der Waals surface area (Å²) < 4.78 is 41.3. The number of ether oxygens (including phenoxy) is 1. The van der Waals surface area contributed by atoms with Gasteiger partial charge in [0.15, 0.2) is 11.7 Å². The molecule has 0 unspecified atom stereocenters. The molecule has 4 N–H and O–H groups in total. The molecular formula is C20H24F3IN4O2. The molecule has 0 spiro atoms. The van der Waals surface area contributed by atoms with Gasteiger partial charge in [0.2, 0.25) is 0 Å². The minimum atomic E-state index is -4.81. The number of guanidine groups is 1. The van der Waals surface area contributed by atoms with Crippen molar-refractivity contribution in [3.05, 3.63) is 59.7 Å². The lowest BCUT2D eigenvalue weighted by Crippen LogP contribution is -2.24. The first-order chi connectivity index (χ1) is 13.8. The molecule has 2 rings (SSSR count). The number of para-hydroxylation sites is 2. The van der Waals surface area contributed by atoms with Crippen LogP contribution in [0.1, 0.15) is 35.7 Å². The molecule has 10 heteroatoms. The average molecular weight is 536 g/mol. The number of rotatable bonds is 8. The number of anilines is 1. The minimum Gasteiger partial charge on any atom is -0.404 e. The highest BCUT2D eigenvalue weighted by atomic mass is 127. The quantitative estimate of drug-likeness (QED) is 0.198. The molecule has 0 saturated carbocycles. The summed E-state index contributed by atoms with van der Waals surface area (Å²) >= 11 is 0. The zero-order chi connectivity index (χ0) is 21.3. The SMILES string of the molecule is CCCCNC(=O)c1ccc(CN=C(N)Nc2ccccc2OC(F)(F)F)cc1.I. The summed E-state index contributed by atoms with van der Waals surface area (Å²) in [6, 6.07) is 12.4. The van der Waals surface area contributed by atoms with Crippen LogP contribution in [0.3, 0.4) is 0 Å². The number of benzene rings is 2. The molecule has 2 aromatic rings. The molecular weight excluding hydrogens is 512 g/mol. The fraction of sp³-hybridized carbons (Fsp3) is 0.300. The summed E-state index contributed by atoms with van der Waals surface area (Å²) in [6.45, 7) is 2.87. The Bertz CT molecular complexity index is 843. The summed E-state index contributed by atoms with van der Waals surface area (Å²) in [7, 11) is 0. The second-order valence-corrected chi connectivity index (χ2v) is 6.18. The molecule has 0 fully saturated rings. The maximum absolute atomic E-state index is 12.5. The highest BCUT2D eigenvalue weighted by Gasteiger charge is 2.32. The number of alkyl halides is 3. The fourth-order valence-electron chi connectivity index (χ4n) is 2.38. The first-order valence-electron chi connectivity index (χ1n) is 9.07. The van der Waals surface area contributed by atoms with Crippen LogP contribution in [0.2, 0.25) is 0 Å². The molecule has 2 aromatic carbocycles. The molecule has 30 heavy (non-hydrogen) atoms. The molecule has 0 atom stereocenters. The Hall–Kier alpha value is -2.50. The number of carbonyl (C=O) groups excluding carboxylic acids is 1. The van der Waals surface area contributed by atoms with E-state index in [0.717, 1.165) is 18.4 Å². The van der Waals surface area contributed by atoms with Crippen molar-refractivity contribution in [2.75, 3.05) is 11.9 Å². The lowest BCUT2D eigenvalue weighted by Gasteiger charge is -2.14. The third kappa shape index (κ3) is 8.89. The van der Waals surface area contributed by atoms with Gasteiger partial charge in [-0.2, -0.15) is 0 Å². The number of nitrogens with two attached hydrogens (primary N) is 1. The van der Waals surface area contributed by atoms with Crippen LogP contribution in [-0.2, 0) is 6.54 Å². The summed E-state index contributed by atoms with van der Waals surface area (Å²) in [6.07, 6.45) is -2.89. The van der Waals surface area contributed by atoms with Crippen molar-refractivity contribution in [1.29, 1.82) is 0 Å². The van der Waals surface area contributed by atoms with Crippen LogP contribution in [0, 0.1) is 0 Å². The monoisotopic (exact) mass is 536 g/mol.